The molecule has 3 heteroatoms. The molecule has 0 amide bonds. The number of hydrogen-bond donors (Lipinski definition) is 3. The van der Waals surface area contributed by atoms with Gasteiger partial charge in [0.2, 0.25) is 0 Å². The van der Waals surface area contributed by atoms with E-state index in [9.17, 15) is 0 Å². The van der Waals surface area contributed by atoms with Gasteiger partial charge in [-0.1, -0.05) is 13.8 Å². The molecule has 3 nitrogen and oxygen atoms in total. The zero-order chi connectivity index (χ0) is 10.8. The topological polar surface area (TPSA) is 44.3 Å². The van der Waals surface area contributed by atoms with Crippen LogP contribution in [-0.4, -0.2) is 36.9 Å². The van der Waals surface area contributed by atoms with Crippen molar-refractivity contribution >= 4 is 0 Å². The van der Waals surface area contributed by atoms with Gasteiger partial charge in [-0.3, -0.25) is 0 Å². The number of hydrogen-bond acceptors (Lipinski definition) is 3. The lowest BCUT2D eigenvalue weighted by Crippen LogP contribution is -2.27. The summed E-state index contributed by atoms with van der Waals surface area (Å²) >= 11 is 0. The normalized spacial score (nSPS) is 13.5. The summed E-state index contributed by atoms with van der Waals surface area (Å²) in [5.41, 5.74) is 0. The van der Waals surface area contributed by atoms with Crippen molar-refractivity contribution in [3.05, 3.63) is 0 Å². The summed E-state index contributed by atoms with van der Waals surface area (Å²) < 4.78 is 0. The Bertz CT molecular complexity index is 102. The summed E-state index contributed by atoms with van der Waals surface area (Å²) in [6, 6.07) is 0.588. The molecule has 0 aliphatic heterocycles. The van der Waals surface area contributed by atoms with Gasteiger partial charge in [-0.2, -0.15) is 0 Å². The van der Waals surface area contributed by atoms with Crippen molar-refractivity contribution in [1.29, 1.82) is 0 Å². The number of nitrogens with one attached hydrogen (secondary N) is 2. The van der Waals surface area contributed by atoms with Crippen molar-refractivity contribution in [3.8, 4) is 0 Å². The van der Waals surface area contributed by atoms with E-state index in [2.05, 4.69) is 24.5 Å². The Hall–Kier alpha value is -0.120. The van der Waals surface area contributed by atoms with Crippen LogP contribution in [0.25, 0.3) is 0 Å². The van der Waals surface area contributed by atoms with E-state index < -0.39 is 0 Å². The molecule has 0 aliphatic rings. The molecule has 3 N–H and O–H groups in total. The maximum Gasteiger partial charge on any atom is 0.0512 e. The van der Waals surface area contributed by atoms with Crippen LogP contribution < -0.4 is 10.6 Å². The minimum atomic E-state index is -0.153. The lowest BCUT2D eigenvalue weighted by Gasteiger charge is -2.08. The van der Waals surface area contributed by atoms with Crippen molar-refractivity contribution in [2.75, 3.05) is 19.6 Å². The minimum Gasteiger partial charge on any atom is -0.393 e. The standard InChI is InChI=1S/C11H26N2O/c1-10(2)13-9-5-8-12-7-4-6-11(3)14/h10-14H,4-9H2,1-3H3. The molecule has 0 rings (SSSR count). The van der Waals surface area contributed by atoms with E-state index in [-0.39, 0.29) is 6.10 Å². The maximum atomic E-state index is 9.02. The highest BCUT2D eigenvalue weighted by atomic mass is 16.3. The van der Waals surface area contributed by atoms with Gasteiger partial charge < -0.3 is 15.7 Å². The first-order valence-electron chi connectivity index (χ1n) is 5.75. The first kappa shape index (κ1) is 13.9. The van der Waals surface area contributed by atoms with Crippen LogP contribution in [0.15, 0.2) is 0 Å². The summed E-state index contributed by atoms with van der Waals surface area (Å²) in [7, 11) is 0. The molecule has 1 atom stereocenters. The highest BCUT2D eigenvalue weighted by Crippen LogP contribution is 1.93. The van der Waals surface area contributed by atoms with E-state index in [0.717, 1.165) is 32.5 Å². The lowest BCUT2D eigenvalue weighted by molar-refractivity contribution is 0.181. The third kappa shape index (κ3) is 11.9. The Morgan fingerprint density at radius 1 is 1.00 bits per heavy atom. The molecule has 0 saturated carbocycles. The van der Waals surface area contributed by atoms with Crippen LogP contribution in [0.1, 0.15) is 40.0 Å². The van der Waals surface area contributed by atoms with Crippen molar-refractivity contribution in [2.45, 2.75) is 52.2 Å². The summed E-state index contributed by atoms with van der Waals surface area (Å²) in [6.45, 7) is 9.34. The molecule has 0 aromatic rings. The maximum absolute atomic E-state index is 9.02. The molecule has 0 bridgehead atoms. The number of aliphatic hydroxyl groups is 1. The van der Waals surface area contributed by atoms with Crippen molar-refractivity contribution in [1.82, 2.24) is 10.6 Å². The Kier molecular flexibility index (Phi) is 9.35. The fraction of sp³-hybridized carbons (Fsp3) is 1.00. The second-order valence-electron chi connectivity index (χ2n) is 4.20. The van der Waals surface area contributed by atoms with Crippen molar-refractivity contribution in [3.63, 3.8) is 0 Å². The molecule has 0 aromatic carbocycles. The zero-order valence-corrected chi connectivity index (χ0v) is 9.84. The van der Waals surface area contributed by atoms with Gasteiger partial charge in [-0.25, -0.2) is 0 Å². The third-order valence-corrected chi connectivity index (χ3v) is 2.06. The van der Waals surface area contributed by atoms with Gasteiger partial charge in [0.1, 0.15) is 0 Å². The van der Waals surface area contributed by atoms with Gasteiger partial charge in [-0.15, -0.1) is 0 Å². The molecule has 0 saturated heterocycles. The molecule has 0 spiro atoms. The molecule has 0 aliphatic carbocycles. The molecular formula is C11H26N2O. The van der Waals surface area contributed by atoms with E-state index in [1.807, 2.05) is 6.92 Å². The quantitative estimate of drug-likeness (QED) is 0.491. The molecule has 0 fully saturated rings. The molecule has 86 valence electrons. The first-order chi connectivity index (χ1) is 6.63. The predicted molar refractivity (Wildman–Crippen MR) is 61.5 cm³/mol. The van der Waals surface area contributed by atoms with E-state index >= 15 is 0 Å². The van der Waals surface area contributed by atoms with Crippen LogP contribution in [-0.2, 0) is 0 Å². The molecule has 0 radical (unpaired) electrons. The Morgan fingerprint density at radius 2 is 1.64 bits per heavy atom. The SMILES string of the molecule is CC(O)CCCNCCCNC(C)C. The molecule has 0 heterocycles. The van der Waals surface area contributed by atoms with Gasteiger partial charge in [-0.05, 0) is 45.8 Å². The summed E-state index contributed by atoms with van der Waals surface area (Å²) in [5, 5.41) is 15.8. The number of rotatable bonds is 9. The van der Waals surface area contributed by atoms with Crippen molar-refractivity contribution in [2.24, 2.45) is 0 Å². The fourth-order valence-electron chi connectivity index (χ4n) is 1.25. The second-order valence-corrected chi connectivity index (χ2v) is 4.20. The fourth-order valence-corrected chi connectivity index (χ4v) is 1.25. The van der Waals surface area contributed by atoms with Crippen LogP contribution in [0.2, 0.25) is 0 Å². The van der Waals surface area contributed by atoms with E-state index in [4.69, 9.17) is 5.11 Å². The molecule has 14 heavy (non-hydrogen) atoms. The van der Waals surface area contributed by atoms with E-state index in [1.165, 1.54) is 6.42 Å². The largest absolute Gasteiger partial charge is 0.393 e. The first-order valence-corrected chi connectivity index (χ1v) is 5.75. The summed E-state index contributed by atoms with van der Waals surface area (Å²) in [4.78, 5) is 0. The highest BCUT2D eigenvalue weighted by molar-refractivity contribution is 4.56. The van der Waals surface area contributed by atoms with E-state index in [0.29, 0.717) is 6.04 Å². The van der Waals surface area contributed by atoms with Gasteiger partial charge in [0, 0.05) is 6.04 Å². The Labute approximate surface area is 88.3 Å². The lowest BCUT2D eigenvalue weighted by atomic mass is 10.2. The van der Waals surface area contributed by atoms with Gasteiger partial charge in [0.25, 0.3) is 0 Å². The van der Waals surface area contributed by atoms with Gasteiger partial charge >= 0.3 is 0 Å². The molecule has 0 aromatic heterocycles. The minimum absolute atomic E-state index is 0.153. The third-order valence-electron chi connectivity index (χ3n) is 2.06. The molecule has 1 unspecified atom stereocenters. The predicted octanol–water partition coefficient (Wildman–Crippen LogP) is 1.13. The van der Waals surface area contributed by atoms with Crippen LogP contribution in [0, 0.1) is 0 Å². The van der Waals surface area contributed by atoms with Crippen LogP contribution in [0.5, 0.6) is 0 Å². The van der Waals surface area contributed by atoms with E-state index in [1.54, 1.807) is 0 Å². The number of aliphatic hydroxyl groups excluding tert-OH is 1. The summed E-state index contributed by atoms with van der Waals surface area (Å²) in [6.07, 6.45) is 2.98. The monoisotopic (exact) mass is 202 g/mol. The van der Waals surface area contributed by atoms with Gasteiger partial charge in [0.05, 0.1) is 6.10 Å². The molecular weight excluding hydrogens is 176 g/mol. The van der Waals surface area contributed by atoms with Gasteiger partial charge in [0.15, 0.2) is 0 Å². The van der Waals surface area contributed by atoms with Crippen molar-refractivity contribution < 1.29 is 5.11 Å². The zero-order valence-electron chi connectivity index (χ0n) is 9.84. The Morgan fingerprint density at radius 3 is 2.21 bits per heavy atom. The average molecular weight is 202 g/mol. The second kappa shape index (κ2) is 9.44. The van der Waals surface area contributed by atoms with Crippen LogP contribution in [0.4, 0.5) is 0 Å². The highest BCUT2D eigenvalue weighted by Gasteiger charge is 1.95. The smallest absolute Gasteiger partial charge is 0.0512 e. The summed E-state index contributed by atoms with van der Waals surface area (Å²) in [5.74, 6) is 0. The van der Waals surface area contributed by atoms with Crippen LogP contribution >= 0.6 is 0 Å². The Balaban J connectivity index is 2.92. The average Bonchev–Trinajstić information content (AvgIpc) is 2.08. The van der Waals surface area contributed by atoms with Crippen LogP contribution in [0.3, 0.4) is 0 Å².